The number of likely N-dealkylation sites (tertiary alicyclic amines) is 1. The number of alkyl halides is 2. The highest BCUT2D eigenvalue weighted by Crippen LogP contribution is 2.62. The van der Waals surface area contributed by atoms with E-state index in [1.54, 1.807) is 6.33 Å². The second-order valence-corrected chi connectivity index (χ2v) is 8.61. The van der Waals surface area contributed by atoms with E-state index in [-0.39, 0.29) is 12.1 Å². The zero-order valence-corrected chi connectivity index (χ0v) is 15.9. The number of amides is 2. The van der Waals surface area contributed by atoms with E-state index in [0.29, 0.717) is 28.8 Å². The number of rotatable bonds is 4. The van der Waals surface area contributed by atoms with E-state index >= 15 is 0 Å². The first-order chi connectivity index (χ1) is 13.8. The zero-order valence-electron chi connectivity index (χ0n) is 15.9. The lowest BCUT2D eigenvalue weighted by Gasteiger charge is -2.39. The Kier molecular flexibility index (Phi) is 4.08. The van der Waals surface area contributed by atoms with Crippen molar-refractivity contribution in [2.75, 3.05) is 13.1 Å². The maximum Gasteiger partial charge on any atom is 0.318 e. The van der Waals surface area contributed by atoms with Gasteiger partial charge < -0.3 is 14.8 Å². The van der Waals surface area contributed by atoms with Crippen LogP contribution >= 0.6 is 0 Å². The molecular weight excluding hydrogens is 388 g/mol. The Morgan fingerprint density at radius 1 is 1.24 bits per heavy atom. The van der Waals surface area contributed by atoms with Gasteiger partial charge in [0.2, 0.25) is 0 Å². The van der Waals surface area contributed by atoms with Crippen LogP contribution in [-0.2, 0) is 0 Å². The highest BCUT2D eigenvalue weighted by molar-refractivity contribution is 5.76. The summed E-state index contributed by atoms with van der Waals surface area (Å²) in [6, 6.07) is 2.03. The molecule has 5 nitrogen and oxygen atoms in total. The smallest absolute Gasteiger partial charge is 0.318 e. The van der Waals surface area contributed by atoms with Gasteiger partial charge in [0.25, 0.3) is 5.92 Å². The minimum Gasteiger partial charge on any atom is -0.335 e. The molecule has 5 atom stereocenters. The SMILES string of the molecule is CC[C@@H](NC(=O)N1CC(F)(F)C1)C1[C@H]2CC(n3cnc4cc(F)c(F)cc43)C[C@@H]12. The number of halogens is 4. The van der Waals surface area contributed by atoms with Gasteiger partial charge in [-0.15, -0.1) is 0 Å². The van der Waals surface area contributed by atoms with Crippen LogP contribution in [0.15, 0.2) is 18.5 Å². The number of nitrogens with one attached hydrogen (secondary N) is 1. The molecule has 9 heteroatoms. The second kappa shape index (κ2) is 6.34. The van der Waals surface area contributed by atoms with E-state index in [0.717, 1.165) is 30.2 Å². The van der Waals surface area contributed by atoms with Crippen LogP contribution in [0.25, 0.3) is 11.0 Å². The molecule has 2 unspecified atom stereocenters. The Balaban J connectivity index is 1.23. The summed E-state index contributed by atoms with van der Waals surface area (Å²) < 4.78 is 55.0. The molecule has 3 fully saturated rings. The molecule has 1 aliphatic heterocycles. The number of carbonyl (C=O) groups is 1. The zero-order chi connectivity index (χ0) is 20.5. The summed E-state index contributed by atoms with van der Waals surface area (Å²) in [7, 11) is 0. The van der Waals surface area contributed by atoms with Crippen LogP contribution in [0.3, 0.4) is 0 Å². The maximum atomic E-state index is 13.7. The predicted molar refractivity (Wildman–Crippen MR) is 97.5 cm³/mol. The van der Waals surface area contributed by atoms with Crippen molar-refractivity contribution in [3.63, 3.8) is 0 Å². The van der Waals surface area contributed by atoms with Crippen LogP contribution in [-0.4, -0.2) is 45.5 Å². The lowest BCUT2D eigenvalue weighted by Crippen LogP contribution is -2.62. The highest BCUT2D eigenvalue weighted by atomic mass is 19.3. The largest absolute Gasteiger partial charge is 0.335 e. The van der Waals surface area contributed by atoms with Crippen molar-refractivity contribution in [3.8, 4) is 0 Å². The van der Waals surface area contributed by atoms with Crippen molar-refractivity contribution in [1.82, 2.24) is 19.8 Å². The van der Waals surface area contributed by atoms with Gasteiger partial charge >= 0.3 is 6.03 Å². The minimum absolute atomic E-state index is 0.0289. The van der Waals surface area contributed by atoms with Crippen LogP contribution in [0, 0.1) is 29.4 Å². The Morgan fingerprint density at radius 2 is 1.90 bits per heavy atom. The van der Waals surface area contributed by atoms with Gasteiger partial charge in [0.1, 0.15) is 0 Å². The van der Waals surface area contributed by atoms with E-state index in [1.807, 2.05) is 11.5 Å². The first-order valence-corrected chi connectivity index (χ1v) is 10.0. The summed E-state index contributed by atoms with van der Waals surface area (Å²) in [5, 5.41) is 2.93. The van der Waals surface area contributed by atoms with E-state index in [2.05, 4.69) is 10.3 Å². The Morgan fingerprint density at radius 3 is 2.52 bits per heavy atom. The van der Waals surface area contributed by atoms with Crippen LogP contribution in [0.5, 0.6) is 0 Å². The van der Waals surface area contributed by atoms with Crippen LogP contribution < -0.4 is 5.32 Å². The van der Waals surface area contributed by atoms with Crippen LogP contribution in [0.1, 0.15) is 32.2 Å². The molecule has 1 aromatic carbocycles. The predicted octanol–water partition coefficient (Wildman–Crippen LogP) is 3.95. The summed E-state index contributed by atoms with van der Waals surface area (Å²) in [6.45, 7) is 0.960. The first kappa shape index (κ1) is 18.7. The van der Waals surface area contributed by atoms with Crippen LogP contribution in [0.4, 0.5) is 22.4 Å². The minimum atomic E-state index is -2.77. The molecular formula is C20H22F4N4O. The monoisotopic (exact) mass is 410 g/mol. The van der Waals surface area contributed by atoms with Gasteiger partial charge in [-0.1, -0.05) is 6.92 Å². The quantitative estimate of drug-likeness (QED) is 0.776. The molecule has 2 aliphatic carbocycles. The van der Waals surface area contributed by atoms with Gasteiger partial charge in [-0.2, -0.15) is 0 Å². The molecule has 0 spiro atoms. The molecule has 1 saturated heterocycles. The van der Waals surface area contributed by atoms with Crippen molar-refractivity contribution >= 4 is 17.1 Å². The lowest BCUT2D eigenvalue weighted by atomic mass is 9.99. The summed E-state index contributed by atoms with van der Waals surface area (Å²) >= 11 is 0. The Hall–Kier alpha value is -2.32. The molecule has 0 radical (unpaired) electrons. The third-order valence-corrected chi connectivity index (χ3v) is 6.84. The highest BCUT2D eigenvalue weighted by Gasteiger charge is 2.59. The molecule has 1 N–H and O–H groups in total. The lowest BCUT2D eigenvalue weighted by molar-refractivity contribution is -0.110. The molecule has 2 amide bonds. The van der Waals surface area contributed by atoms with Gasteiger partial charge in [0.05, 0.1) is 30.5 Å². The number of aromatic nitrogens is 2. The third-order valence-electron chi connectivity index (χ3n) is 6.84. The molecule has 156 valence electrons. The summed E-state index contributed by atoms with van der Waals surface area (Å²) in [5.41, 5.74) is 1.02. The number of fused-ring (bicyclic) bond motifs is 2. The molecule has 2 saturated carbocycles. The molecule has 29 heavy (non-hydrogen) atoms. The average molecular weight is 410 g/mol. The number of imidazole rings is 1. The van der Waals surface area contributed by atoms with Crippen molar-refractivity contribution < 1.29 is 22.4 Å². The van der Waals surface area contributed by atoms with Gasteiger partial charge in [-0.25, -0.2) is 27.3 Å². The number of urea groups is 1. The molecule has 3 aliphatic rings. The Labute approximate surface area is 165 Å². The number of hydrogen-bond donors (Lipinski definition) is 1. The van der Waals surface area contributed by atoms with E-state index in [4.69, 9.17) is 0 Å². The summed E-state index contributed by atoms with van der Waals surface area (Å²) in [6.07, 6.45) is 4.15. The standard InChI is InChI=1S/C20H22F4N4O/c1-2-15(26-19(29)27-7-20(23,24)8-27)18-11-3-10(4-12(11)18)28-9-25-16-5-13(21)14(22)6-17(16)28/h5-6,9-12,15,18H,2-4,7-8H2,1H3,(H,26,29)/t10?,11-,12+,15-,18?/m1/s1. The molecule has 2 aromatic rings. The van der Waals surface area contributed by atoms with Gasteiger partial charge in [0.15, 0.2) is 11.6 Å². The van der Waals surface area contributed by atoms with E-state index in [9.17, 15) is 22.4 Å². The first-order valence-electron chi connectivity index (χ1n) is 10.0. The normalized spacial score (nSPS) is 30.7. The van der Waals surface area contributed by atoms with Crippen molar-refractivity contribution in [1.29, 1.82) is 0 Å². The van der Waals surface area contributed by atoms with Gasteiger partial charge in [0, 0.05) is 24.2 Å². The second-order valence-electron chi connectivity index (χ2n) is 8.61. The summed E-state index contributed by atoms with van der Waals surface area (Å²) in [5.74, 6) is -3.34. The molecule has 1 aromatic heterocycles. The van der Waals surface area contributed by atoms with E-state index in [1.165, 1.54) is 6.07 Å². The molecule has 2 heterocycles. The average Bonchev–Trinajstić information content (AvgIpc) is 2.98. The fraction of sp³-hybridized carbons (Fsp3) is 0.600. The molecule has 0 bridgehead atoms. The maximum absolute atomic E-state index is 13.7. The topological polar surface area (TPSA) is 50.2 Å². The van der Waals surface area contributed by atoms with Crippen LogP contribution in [0.2, 0.25) is 0 Å². The van der Waals surface area contributed by atoms with Crippen molar-refractivity contribution in [2.24, 2.45) is 17.8 Å². The van der Waals surface area contributed by atoms with Gasteiger partial charge in [-0.3, -0.25) is 0 Å². The third kappa shape index (κ3) is 3.05. The number of hydrogen-bond acceptors (Lipinski definition) is 2. The Bertz CT molecular complexity index is 957. The van der Waals surface area contributed by atoms with E-state index < -0.39 is 36.7 Å². The molecule has 5 rings (SSSR count). The van der Waals surface area contributed by atoms with Gasteiger partial charge in [-0.05, 0) is 37.0 Å². The number of carbonyl (C=O) groups excluding carboxylic acids is 1. The summed E-state index contributed by atoms with van der Waals surface area (Å²) in [4.78, 5) is 17.5. The fourth-order valence-electron chi connectivity index (χ4n) is 5.38. The van der Waals surface area contributed by atoms with Crippen molar-refractivity contribution in [3.05, 3.63) is 30.1 Å². The van der Waals surface area contributed by atoms with Crippen molar-refractivity contribution in [2.45, 2.75) is 44.2 Å². The number of nitrogens with zero attached hydrogens (tertiary/aromatic N) is 3. The number of benzene rings is 1. The fourth-order valence-corrected chi connectivity index (χ4v) is 5.38.